The fourth-order valence-electron chi connectivity index (χ4n) is 2.30. The second kappa shape index (κ2) is 8.43. The van der Waals surface area contributed by atoms with Crippen molar-refractivity contribution in [2.24, 2.45) is 0 Å². The number of aliphatic hydroxyl groups excluding tert-OH is 1. The molecule has 1 aromatic heterocycles. The molecule has 1 heterocycles. The van der Waals surface area contributed by atoms with Gasteiger partial charge in [-0.15, -0.1) is 0 Å². The summed E-state index contributed by atoms with van der Waals surface area (Å²) in [7, 11) is 0. The summed E-state index contributed by atoms with van der Waals surface area (Å²) in [4.78, 5) is 16.0. The van der Waals surface area contributed by atoms with Crippen molar-refractivity contribution < 1.29 is 14.4 Å². The highest BCUT2D eigenvalue weighted by Gasteiger charge is 2.17. The minimum Gasteiger partial charge on any atom is -0.391 e. The van der Waals surface area contributed by atoms with E-state index in [-0.39, 0.29) is 11.9 Å². The van der Waals surface area contributed by atoms with E-state index < -0.39 is 6.10 Å². The SMILES string of the molecule is Cc1noc(CCCC(=O)NC(C)C(O)Cc2ccccc2)n1. The average Bonchev–Trinajstić information content (AvgIpc) is 2.93. The molecule has 23 heavy (non-hydrogen) atoms. The van der Waals surface area contributed by atoms with Crippen LogP contribution in [0.2, 0.25) is 0 Å². The number of carbonyl (C=O) groups excluding carboxylic acids is 1. The summed E-state index contributed by atoms with van der Waals surface area (Å²) < 4.78 is 5.00. The average molecular weight is 317 g/mol. The highest BCUT2D eigenvalue weighted by atomic mass is 16.5. The molecule has 0 spiro atoms. The summed E-state index contributed by atoms with van der Waals surface area (Å²) in [5.74, 6) is 1.07. The van der Waals surface area contributed by atoms with Crippen molar-refractivity contribution in [3.63, 3.8) is 0 Å². The molecule has 0 saturated carbocycles. The maximum absolute atomic E-state index is 11.9. The number of amides is 1. The molecule has 0 aliphatic carbocycles. The molecule has 6 nitrogen and oxygen atoms in total. The molecule has 6 heteroatoms. The van der Waals surface area contributed by atoms with Crippen molar-refractivity contribution in [2.45, 2.75) is 51.7 Å². The van der Waals surface area contributed by atoms with Crippen LogP contribution in [0.5, 0.6) is 0 Å². The zero-order chi connectivity index (χ0) is 16.7. The van der Waals surface area contributed by atoms with E-state index in [4.69, 9.17) is 4.52 Å². The molecule has 1 aromatic carbocycles. The Bertz CT molecular complexity index is 613. The molecule has 2 N–H and O–H groups in total. The molecule has 0 aliphatic rings. The number of carbonyl (C=O) groups is 1. The molecule has 2 aromatic rings. The van der Waals surface area contributed by atoms with Gasteiger partial charge in [-0.25, -0.2) is 0 Å². The molecular formula is C17H23N3O3. The van der Waals surface area contributed by atoms with Crippen LogP contribution in [0.4, 0.5) is 0 Å². The molecule has 0 bridgehead atoms. The summed E-state index contributed by atoms with van der Waals surface area (Å²) >= 11 is 0. The second-order valence-electron chi connectivity index (χ2n) is 5.70. The zero-order valence-electron chi connectivity index (χ0n) is 13.5. The molecule has 0 aliphatic heterocycles. The van der Waals surface area contributed by atoms with Crippen molar-refractivity contribution in [1.29, 1.82) is 0 Å². The lowest BCUT2D eigenvalue weighted by Gasteiger charge is -2.20. The predicted molar refractivity (Wildman–Crippen MR) is 85.7 cm³/mol. The topological polar surface area (TPSA) is 88.2 Å². The highest BCUT2D eigenvalue weighted by Crippen LogP contribution is 2.07. The monoisotopic (exact) mass is 317 g/mol. The smallest absolute Gasteiger partial charge is 0.226 e. The van der Waals surface area contributed by atoms with Gasteiger partial charge in [0.25, 0.3) is 0 Å². The van der Waals surface area contributed by atoms with Gasteiger partial charge < -0.3 is 14.9 Å². The first-order valence-electron chi connectivity index (χ1n) is 7.85. The minimum atomic E-state index is -0.611. The van der Waals surface area contributed by atoms with Crippen molar-refractivity contribution in [2.75, 3.05) is 0 Å². The summed E-state index contributed by atoms with van der Waals surface area (Å²) in [5, 5.41) is 16.7. The fourth-order valence-corrected chi connectivity index (χ4v) is 2.30. The number of rotatable bonds is 8. The van der Waals surface area contributed by atoms with E-state index in [1.165, 1.54) is 0 Å². The van der Waals surface area contributed by atoms with E-state index in [1.807, 2.05) is 37.3 Å². The number of benzene rings is 1. The molecule has 0 fully saturated rings. The van der Waals surface area contributed by atoms with Gasteiger partial charge in [-0.3, -0.25) is 4.79 Å². The standard InChI is InChI=1S/C17H23N3O3/c1-12(15(21)11-14-7-4-3-5-8-14)18-16(22)9-6-10-17-19-13(2)20-23-17/h3-5,7-8,12,15,21H,6,9-11H2,1-2H3,(H,18,22). The summed E-state index contributed by atoms with van der Waals surface area (Å²) in [6.45, 7) is 3.57. The quantitative estimate of drug-likeness (QED) is 0.775. The van der Waals surface area contributed by atoms with Gasteiger partial charge in [0.15, 0.2) is 5.82 Å². The number of hydrogen-bond acceptors (Lipinski definition) is 5. The largest absolute Gasteiger partial charge is 0.391 e. The Morgan fingerprint density at radius 1 is 1.35 bits per heavy atom. The summed E-state index contributed by atoms with van der Waals surface area (Å²) in [6, 6.07) is 9.43. The van der Waals surface area contributed by atoms with Crippen LogP contribution in [0.1, 0.15) is 37.0 Å². The fraction of sp³-hybridized carbons (Fsp3) is 0.471. The first-order chi connectivity index (χ1) is 11.0. The van der Waals surface area contributed by atoms with Gasteiger partial charge >= 0.3 is 0 Å². The molecule has 1 amide bonds. The van der Waals surface area contributed by atoms with Crippen molar-refractivity contribution in [3.05, 3.63) is 47.6 Å². The Hall–Kier alpha value is -2.21. The zero-order valence-corrected chi connectivity index (χ0v) is 13.5. The minimum absolute atomic E-state index is 0.0825. The van der Waals surface area contributed by atoms with Gasteiger partial charge in [0.05, 0.1) is 12.1 Å². The molecular weight excluding hydrogens is 294 g/mol. The van der Waals surface area contributed by atoms with Gasteiger partial charge in [0.1, 0.15) is 0 Å². The van der Waals surface area contributed by atoms with Gasteiger partial charge in [-0.1, -0.05) is 35.5 Å². The third kappa shape index (κ3) is 5.83. The Morgan fingerprint density at radius 2 is 2.09 bits per heavy atom. The molecule has 2 unspecified atom stereocenters. The molecule has 124 valence electrons. The third-order valence-electron chi connectivity index (χ3n) is 3.62. The third-order valence-corrected chi connectivity index (χ3v) is 3.62. The highest BCUT2D eigenvalue weighted by molar-refractivity contribution is 5.76. The van der Waals surface area contributed by atoms with Gasteiger partial charge in [-0.05, 0) is 25.8 Å². The van der Waals surface area contributed by atoms with E-state index in [0.717, 1.165) is 5.56 Å². The number of aliphatic hydroxyl groups is 1. The van der Waals surface area contributed by atoms with Gasteiger partial charge in [0, 0.05) is 19.3 Å². The first kappa shape index (κ1) is 17.1. The Labute approximate surface area is 135 Å². The molecule has 2 rings (SSSR count). The van der Waals surface area contributed by atoms with Crippen molar-refractivity contribution >= 4 is 5.91 Å². The number of aryl methyl sites for hydroxylation is 2. The molecule has 0 radical (unpaired) electrons. The predicted octanol–water partition coefficient (Wildman–Crippen LogP) is 1.81. The van der Waals surface area contributed by atoms with Crippen LogP contribution in [0, 0.1) is 6.92 Å². The van der Waals surface area contributed by atoms with E-state index in [9.17, 15) is 9.90 Å². The van der Waals surface area contributed by atoms with E-state index in [2.05, 4.69) is 15.5 Å². The maximum Gasteiger partial charge on any atom is 0.226 e. The number of hydrogen-bond donors (Lipinski definition) is 2. The van der Waals surface area contributed by atoms with Gasteiger partial charge in [0.2, 0.25) is 11.8 Å². The lowest BCUT2D eigenvalue weighted by Crippen LogP contribution is -2.42. The van der Waals surface area contributed by atoms with E-state index in [1.54, 1.807) is 6.92 Å². The summed E-state index contributed by atoms with van der Waals surface area (Å²) in [6.07, 6.45) is 1.48. The van der Waals surface area contributed by atoms with E-state index >= 15 is 0 Å². The van der Waals surface area contributed by atoms with Crippen LogP contribution in [0.3, 0.4) is 0 Å². The lowest BCUT2D eigenvalue weighted by molar-refractivity contribution is -0.122. The van der Waals surface area contributed by atoms with Gasteiger partial charge in [-0.2, -0.15) is 4.98 Å². The van der Waals surface area contributed by atoms with Crippen molar-refractivity contribution in [1.82, 2.24) is 15.5 Å². The summed E-state index contributed by atoms with van der Waals surface area (Å²) in [5.41, 5.74) is 1.05. The van der Waals surface area contributed by atoms with Crippen LogP contribution in [0.15, 0.2) is 34.9 Å². The first-order valence-corrected chi connectivity index (χ1v) is 7.85. The number of nitrogens with zero attached hydrogens (tertiary/aromatic N) is 2. The normalized spacial score (nSPS) is 13.5. The molecule has 0 saturated heterocycles. The van der Waals surface area contributed by atoms with Crippen LogP contribution >= 0.6 is 0 Å². The van der Waals surface area contributed by atoms with Crippen LogP contribution < -0.4 is 5.32 Å². The lowest BCUT2D eigenvalue weighted by atomic mass is 10.0. The maximum atomic E-state index is 11.9. The second-order valence-corrected chi connectivity index (χ2v) is 5.70. The number of aromatic nitrogens is 2. The Morgan fingerprint density at radius 3 is 2.74 bits per heavy atom. The van der Waals surface area contributed by atoms with Crippen LogP contribution in [-0.4, -0.2) is 33.3 Å². The van der Waals surface area contributed by atoms with Crippen LogP contribution in [-0.2, 0) is 17.6 Å². The van der Waals surface area contributed by atoms with Crippen molar-refractivity contribution in [3.8, 4) is 0 Å². The molecule has 2 atom stereocenters. The van der Waals surface area contributed by atoms with Crippen LogP contribution in [0.25, 0.3) is 0 Å². The number of nitrogens with one attached hydrogen (secondary N) is 1. The van der Waals surface area contributed by atoms with E-state index in [0.29, 0.717) is 37.4 Å². The Balaban J connectivity index is 1.69. The Kier molecular flexibility index (Phi) is 6.29.